The smallest absolute Gasteiger partial charge is 0.318 e. The van der Waals surface area contributed by atoms with Crippen molar-refractivity contribution < 1.29 is 13.2 Å². The Morgan fingerprint density at radius 1 is 1.25 bits per heavy atom. The van der Waals surface area contributed by atoms with Gasteiger partial charge in [0, 0.05) is 18.2 Å². The van der Waals surface area contributed by atoms with Crippen molar-refractivity contribution in [3.05, 3.63) is 47.4 Å². The standard InChI is InChI=1S/C18H24N2O3S/c1-24(22,23)13-11-16(14-9-10-14)19-18(21)20-12-5-8-17(20)15-6-3-2-4-7-15/h2-4,6-7,11,13-14,16-17H,5,8-10,12H2,1H3,(H,19,21)/b13-11+/t16-,17?/m1/s1. The minimum Gasteiger partial charge on any atom is -0.331 e. The van der Waals surface area contributed by atoms with Gasteiger partial charge in [0.2, 0.25) is 0 Å². The lowest BCUT2D eigenvalue weighted by molar-refractivity contribution is 0.190. The first-order chi connectivity index (χ1) is 11.4. The fourth-order valence-electron chi connectivity index (χ4n) is 3.26. The van der Waals surface area contributed by atoms with E-state index in [0.29, 0.717) is 5.92 Å². The van der Waals surface area contributed by atoms with Crippen molar-refractivity contribution in [3.8, 4) is 0 Å². The molecule has 2 aliphatic rings. The van der Waals surface area contributed by atoms with E-state index in [-0.39, 0.29) is 18.1 Å². The van der Waals surface area contributed by atoms with E-state index in [1.54, 1.807) is 6.08 Å². The highest BCUT2D eigenvalue weighted by molar-refractivity contribution is 7.93. The van der Waals surface area contributed by atoms with E-state index in [1.165, 1.54) is 11.7 Å². The lowest BCUT2D eigenvalue weighted by atomic mass is 10.1. The maximum Gasteiger partial charge on any atom is 0.318 e. The molecule has 1 aliphatic carbocycles. The quantitative estimate of drug-likeness (QED) is 0.890. The van der Waals surface area contributed by atoms with Crippen LogP contribution in [0.2, 0.25) is 0 Å². The summed E-state index contributed by atoms with van der Waals surface area (Å²) < 4.78 is 22.7. The molecule has 24 heavy (non-hydrogen) atoms. The molecule has 0 bridgehead atoms. The summed E-state index contributed by atoms with van der Waals surface area (Å²) in [5.74, 6) is 0.352. The average molecular weight is 348 g/mol. The van der Waals surface area contributed by atoms with Gasteiger partial charge in [-0.3, -0.25) is 0 Å². The number of hydrogen-bond donors (Lipinski definition) is 1. The normalized spacial score (nSPS) is 22.7. The van der Waals surface area contributed by atoms with Crippen LogP contribution in [0, 0.1) is 5.92 Å². The summed E-state index contributed by atoms with van der Waals surface area (Å²) in [4.78, 5) is 14.6. The molecule has 0 radical (unpaired) electrons. The van der Waals surface area contributed by atoms with E-state index < -0.39 is 9.84 Å². The first kappa shape index (κ1) is 17.0. The Hall–Kier alpha value is -1.82. The van der Waals surface area contributed by atoms with E-state index in [0.717, 1.165) is 37.8 Å². The zero-order valence-electron chi connectivity index (χ0n) is 13.9. The van der Waals surface area contributed by atoms with E-state index in [2.05, 4.69) is 17.4 Å². The molecule has 2 fully saturated rings. The van der Waals surface area contributed by atoms with Crippen LogP contribution in [0.3, 0.4) is 0 Å². The number of likely N-dealkylation sites (tertiary alicyclic amines) is 1. The number of urea groups is 1. The summed E-state index contributed by atoms with van der Waals surface area (Å²) in [5, 5.41) is 4.23. The van der Waals surface area contributed by atoms with Crippen LogP contribution < -0.4 is 5.32 Å². The molecule has 5 nitrogen and oxygen atoms in total. The van der Waals surface area contributed by atoms with Crippen molar-refractivity contribution in [1.82, 2.24) is 10.2 Å². The summed E-state index contributed by atoms with van der Waals surface area (Å²) in [6.07, 6.45) is 6.80. The van der Waals surface area contributed by atoms with Crippen LogP contribution in [0.4, 0.5) is 4.79 Å². The van der Waals surface area contributed by atoms with Gasteiger partial charge in [0.25, 0.3) is 0 Å². The number of nitrogens with one attached hydrogen (secondary N) is 1. The third kappa shape index (κ3) is 4.38. The van der Waals surface area contributed by atoms with Crippen molar-refractivity contribution in [2.24, 2.45) is 5.92 Å². The number of sulfone groups is 1. The Bertz CT molecular complexity index is 711. The Morgan fingerprint density at radius 2 is 1.96 bits per heavy atom. The summed E-state index contributed by atoms with van der Waals surface area (Å²) >= 11 is 0. The van der Waals surface area contributed by atoms with Crippen LogP contribution in [0.25, 0.3) is 0 Å². The predicted molar refractivity (Wildman–Crippen MR) is 94.2 cm³/mol. The molecule has 1 unspecified atom stereocenters. The number of carbonyl (C=O) groups is 1. The van der Waals surface area contributed by atoms with Crippen molar-refractivity contribution in [3.63, 3.8) is 0 Å². The second-order valence-corrected chi connectivity index (χ2v) is 8.66. The van der Waals surface area contributed by atoms with Gasteiger partial charge in [-0.25, -0.2) is 13.2 Å². The monoisotopic (exact) mass is 348 g/mol. The van der Waals surface area contributed by atoms with Crippen molar-refractivity contribution in [2.75, 3.05) is 12.8 Å². The van der Waals surface area contributed by atoms with Gasteiger partial charge in [0.1, 0.15) is 0 Å². The molecule has 130 valence electrons. The molecular formula is C18H24N2O3S. The largest absolute Gasteiger partial charge is 0.331 e. The minimum atomic E-state index is -3.18. The lowest BCUT2D eigenvalue weighted by Gasteiger charge is -2.27. The highest BCUT2D eigenvalue weighted by Crippen LogP contribution is 2.35. The molecule has 1 aromatic rings. The highest BCUT2D eigenvalue weighted by Gasteiger charge is 2.35. The second-order valence-electron chi connectivity index (χ2n) is 6.73. The van der Waals surface area contributed by atoms with Gasteiger partial charge in [-0.1, -0.05) is 36.4 Å². The Kier molecular flexibility index (Phi) is 4.94. The molecule has 0 spiro atoms. The van der Waals surface area contributed by atoms with Crippen LogP contribution in [-0.2, 0) is 9.84 Å². The minimum absolute atomic E-state index is 0.101. The van der Waals surface area contributed by atoms with Crippen molar-refractivity contribution in [1.29, 1.82) is 0 Å². The molecule has 1 heterocycles. The zero-order valence-corrected chi connectivity index (χ0v) is 14.7. The van der Waals surface area contributed by atoms with Gasteiger partial charge in [-0.05, 0) is 37.2 Å². The van der Waals surface area contributed by atoms with Gasteiger partial charge in [0.15, 0.2) is 9.84 Å². The van der Waals surface area contributed by atoms with Crippen LogP contribution in [0.15, 0.2) is 41.8 Å². The molecule has 1 saturated carbocycles. The molecule has 6 heteroatoms. The zero-order chi connectivity index (χ0) is 17.2. The van der Waals surface area contributed by atoms with E-state index >= 15 is 0 Å². The van der Waals surface area contributed by atoms with Crippen LogP contribution in [0.1, 0.15) is 37.3 Å². The Balaban J connectivity index is 1.69. The number of benzene rings is 1. The van der Waals surface area contributed by atoms with Gasteiger partial charge < -0.3 is 10.2 Å². The summed E-state index contributed by atoms with van der Waals surface area (Å²) in [6, 6.07) is 9.86. The average Bonchev–Trinajstić information content (AvgIpc) is 3.27. The van der Waals surface area contributed by atoms with E-state index in [4.69, 9.17) is 0 Å². The van der Waals surface area contributed by atoms with Gasteiger partial charge in [0.05, 0.1) is 12.1 Å². The van der Waals surface area contributed by atoms with Crippen LogP contribution in [0.5, 0.6) is 0 Å². The Labute approximate surface area is 143 Å². The topological polar surface area (TPSA) is 66.5 Å². The maximum atomic E-state index is 12.7. The maximum absolute atomic E-state index is 12.7. The van der Waals surface area contributed by atoms with Gasteiger partial charge in [-0.15, -0.1) is 0 Å². The van der Waals surface area contributed by atoms with Crippen LogP contribution in [-0.4, -0.2) is 38.2 Å². The summed E-state index contributed by atoms with van der Waals surface area (Å²) in [6.45, 7) is 0.735. The Morgan fingerprint density at radius 3 is 2.58 bits per heavy atom. The van der Waals surface area contributed by atoms with Gasteiger partial charge >= 0.3 is 6.03 Å². The molecule has 0 aromatic heterocycles. The molecule has 3 rings (SSSR count). The lowest BCUT2D eigenvalue weighted by Crippen LogP contribution is -2.44. The fourth-order valence-corrected chi connectivity index (χ4v) is 3.72. The van der Waals surface area contributed by atoms with Gasteiger partial charge in [-0.2, -0.15) is 0 Å². The van der Waals surface area contributed by atoms with Crippen molar-refractivity contribution >= 4 is 15.9 Å². The number of carbonyl (C=O) groups excluding carboxylic acids is 1. The second kappa shape index (κ2) is 6.97. The summed E-state index contributed by atoms with van der Waals surface area (Å²) in [7, 11) is -3.18. The predicted octanol–water partition coefficient (Wildman–Crippen LogP) is 2.87. The van der Waals surface area contributed by atoms with E-state index in [1.807, 2.05) is 23.1 Å². The third-order valence-electron chi connectivity index (χ3n) is 4.65. The molecule has 2 amide bonds. The van der Waals surface area contributed by atoms with Crippen molar-refractivity contribution in [2.45, 2.75) is 37.8 Å². The molecule has 1 aliphatic heterocycles. The number of rotatable bonds is 5. The number of nitrogens with zero attached hydrogens (tertiary/aromatic N) is 1. The SMILES string of the molecule is CS(=O)(=O)/C=C/[C@@H](NC(=O)N1CCCC1c1ccccc1)C1CC1. The number of hydrogen-bond acceptors (Lipinski definition) is 3. The third-order valence-corrected chi connectivity index (χ3v) is 5.30. The van der Waals surface area contributed by atoms with Crippen LogP contribution >= 0.6 is 0 Å². The molecule has 2 atom stereocenters. The summed E-state index contributed by atoms with van der Waals surface area (Å²) in [5.41, 5.74) is 1.15. The molecule has 1 saturated heterocycles. The fraction of sp³-hybridized carbons (Fsp3) is 0.500. The first-order valence-electron chi connectivity index (χ1n) is 8.44. The highest BCUT2D eigenvalue weighted by atomic mass is 32.2. The molecule has 1 aromatic carbocycles. The number of amides is 2. The first-order valence-corrected chi connectivity index (χ1v) is 10.4. The molecular weight excluding hydrogens is 324 g/mol. The van der Waals surface area contributed by atoms with E-state index in [9.17, 15) is 13.2 Å². The molecule has 1 N–H and O–H groups in total.